The maximum atomic E-state index is 5.79. The van der Waals surface area contributed by atoms with Crippen LogP contribution < -0.4 is 5.32 Å². The summed E-state index contributed by atoms with van der Waals surface area (Å²) in [5.74, 6) is 0.449. The lowest BCUT2D eigenvalue weighted by molar-refractivity contribution is 1.31. The third-order valence-corrected chi connectivity index (χ3v) is 1.84. The van der Waals surface area contributed by atoms with Gasteiger partial charge in [0.15, 0.2) is 0 Å². The van der Waals surface area contributed by atoms with Gasteiger partial charge in [-0.15, -0.1) is 0 Å². The molecule has 6 heteroatoms. The standard InChI is InChI=1S/C7H4Cl4N2/c8-4-1-5(9)7(12-2-4)13-3-6(10)11/h1-3H,(H,12,13). The van der Waals surface area contributed by atoms with E-state index in [-0.39, 0.29) is 4.49 Å². The largest absolute Gasteiger partial charge is 0.343 e. The van der Waals surface area contributed by atoms with Crippen molar-refractivity contribution in [1.82, 2.24) is 4.98 Å². The van der Waals surface area contributed by atoms with Crippen molar-refractivity contribution >= 4 is 52.2 Å². The average molecular weight is 258 g/mol. The summed E-state index contributed by atoms with van der Waals surface area (Å²) >= 11 is 22.2. The van der Waals surface area contributed by atoms with Gasteiger partial charge in [-0.05, 0) is 6.07 Å². The molecule has 1 aromatic rings. The van der Waals surface area contributed by atoms with Gasteiger partial charge in [0.1, 0.15) is 10.3 Å². The van der Waals surface area contributed by atoms with E-state index in [1.54, 1.807) is 6.07 Å². The first-order valence-corrected chi connectivity index (χ1v) is 4.69. The fourth-order valence-corrected chi connectivity index (χ4v) is 1.19. The molecule has 2 nitrogen and oxygen atoms in total. The first-order chi connectivity index (χ1) is 6.09. The first kappa shape index (κ1) is 10.9. The second kappa shape index (κ2) is 4.91. The van der Waals surface area contributed by atoms with Crippen LogP contribution in [0.15, 0.2) is 23.0 Å². The van der Waals surface area contributed by atoms with Crippen LogP contribution in [0.3, 0.4) is 0 Å². The van der Waals surface area contributed by atoms with E-state index in [0.29, 0.717) is 15.9 Å². The lowest BCUT2D eigenvalue weighted by Gasteiger charge is -2.01. The molecule has 70 valence electrons. The molecule has 1 N–H and O–H groups in total. The molecule has 0 bridgehead atoms. The molecule has 1 rings (SSSR count). The van der Waals surface area contributed by atoms with Gasteiger partial charge < -0.3 is 5.32 Å². The predicted molar refractivity (Wildman–Crippen MR) is 57.7 cm³/mol. The lowest BCUT2D eigenvalue weighted by Crippen LogP contribution is -1.91. The van der Waals surface area contributed by atoms with E-state index in [2.05, 4.69) is 10.3 Å². The molecule has 1 heterocycles. The van der Waals surface area contributed by atoms with Gasteiger partial charge in [0, 0.05) is 12.4 Å². The van der Waals surface area contributed by atoms with Crippen LogP contribution in [-0.4, -0.2) is 4.98 Å². The Morgan fingerprint density at radius 3 is 2.62 bits per heavy atom. The fraction of sp³-hybridized carbons (Fsp3) is 0. The molecule has 0 amide bonds. The van der Waals surface area contributed by atoms with E-state index >= 15 is 0 Å². The van der Waals surface area contributed by atoms with Crippen molar-refractivity contribution in [2.75, 3.05) is 5.32 Å². The maximum Gasteiger partial charge on any atom is 0.148 e. The van der Waals surface area contributed by atoms with Gasteiger partial charge in [-0.3, -0.25) is 0 Å². The normalized spacial score (nSPS) is 9.54. The molecule has 13 heavy (non-hydrogen) atoms. The highest BCUT2D eigenvalue weighted by Crippen LogP contribution is 2.22. The van der Waals surface area contributed by atoms with Crippen LogP contribution in [0.25, 0.3) is 0 Å². The summed E-state index contributed by atoms with van der Waals surface area (Å²) in [6, 6.07) is 1.56. The van der Waals surface area contributed by atoms with E-state index in [1.165, 1.54) is 12.4 Å². The van der Waals surface area contributed by atoms with Gasteiger partial charge >= 0.3 is 0 Å². The molecule has 0 atom stereocenters. The molecule has 0 fully saturated rings. The highest BCUT2D eigenvalue weighted by Gasteiger charge is 2.00. The second-order valence-corrected chi connectivity index (χ2v) is 3.91. The molecular formula is C7H4Cl4N2. The van der Waals surface area contributed by atoms with Crippen molar-refractivity contribution in [3.8, 4) is 0 Å². The Kier molecular flexibility index (Phi) is 4.13. The Morgan fingerprint density at radius 1 is 1.38 bits per heavy atom. The number of anilines is 1. The quantitative estimate of drug-likeness (QED) is 0.864. The van der Waals surface area contributed by atoms with Crippen LogP contribution in [-0.2, 0) is 0 Å². The van der Waals surface area contributed by atoms with Crippen LogP contribution in [0.2, 0.25) is 10.0 Å². The zero-order valence-corrected chi connectivity index (χ0v) is 9.21. The first-order valence-electron chi connectivity index (χ1n) is 3.18. The van der Waals surface area contributed by atoms with E-state index in [1.807, 2.05) is 0 Å². The molecule has 0 aromatic carbocycles. The van der Waals surface area contributed by atoms with E-state index < -0.39 is 0 Å². The molecule has 0 aliphatic heterocycles. The minimum Gasteiger partial charge on any atom is -0.343 e. The second-order valence-electron chi connectivity index (χ2n) is 2.06. The van der Waals surface area contributed by atoms with Crippen LogP contribution in [0.1, 0.15) is 0 Å². The van der Waals surface area contributed by atoms with Gasteiger partial charge in [-0.2, -0.15) is 0 Å². The van der Waals surface area contributed by atoms with Gasteiger partial charge in [-0.1, -0.05) is 46.4 Å². The van der Waals surface area contributed by atoms with Crippen molar-refractivity contribution in [1.29, 1.82) is 0 Å². The Hall–Kier alpha value is -0.150. The summed E-state index contributed by atoms with van der Waals surface area (Å²) < 4.78 is 0.0906. The van der Waals surface area contributed by atoms with Gasteiger partial charge in [0.25, 0.3) is 0 Å². The van der Waals surface area contributed by atoms with E-state index in [9.17, 15) is 0 Å². The molecule has 0 radical (unpaired) electrons. The van der Waals surface area contributed by atoms with Crippen molar-refractivity contribution in [3.05, 3.63) is 33.0 Å². The summed E-state index contributed by atoms with van der Waals surface area (Å²) in [5.41, 5.74) is 0. The lowest BCUT2D eigenvalue weighted by atomic mass is 10.4. The fourth-order valence-electron chi connectivity index (χ4n) is 0.644. The Morgan fingerprint density at radius 2 is 2.08 bits per heavy atom. The molecule has 0 unspecified atom stereocenters. The van der Waals surface area contributed by atoms with Crippen LogP contribution in [0.5, 0.6) is 0 Å². The van der Waals surface area contributed by atoms with Crippen molar-refractivity contribution in [2.24, 2.45) is 0 Å². The summed E-state index contributed by atoms with van der Waals surface area (Å²) in [6.45, 7) is 0. The van der Waals surface area contributed by atoms with Crippen molar-refractivity contribution in [3.63, 3.8) is 0 Å². The number of pyridine rings is 1. The number of hydrogen-bond donors (Lipinski definition) is 1. The van der Waals surface area contributed by atoms with Crippen molar-refractivity contribution < 1.29 is 0 Å². The van der Waals surface area contributed by atoms with Crippen LogP contribution >= 0.6 is 46.4 Å². The maximum absolute atomic E-state index is 5.79. The van der Waals surface area contributed by atoms with E-state index in [4.69, 9.17) is 46.4 Å². The zero-order chi connectivity index (χ0) is 9.84. The summed E-state index contributed by atoms with van der Waals surface area (Å²) in [5, 5.41) is 3.58. The van der Waals surface area contributed by atoms with Gasteiger partial charge in [0.2, 0.25) is 0 Å². The summed E-state index contributed by atoms with van der Waals surface area (Å²) in [7, 11) is 0. The highest BCUT2D eigenvalue weighted by atomic mass is 35.5. The minimum atomic E-state index is 0.0906. The Bertz CT molecular complexity index is 333. The number of nitrogens with one attached hydrogen (secondary N) is 1. The Labute approximate surface area is 95.5 Å². The number of aromatic nitrogens is 1. The summed E-state index contributed by atoms with van der Waals surface area (Å²) in [6.07, 6.45) is 2.83. The molecule has 0 saturated heterocycles. The SMILES string of the molecule is ClC(Cl)=CNc1ncc(Cl)cc1Cl. The number of nitrogens with zero attached hydrogens (tertiary/aromatic N) is 1. The Balaban J connectivity index is 2.84. The zero-order valence-electron chi connectivity index (χ0n) is 6.19. The number of halogens is 4. The molecule has 0 aliphatic rings. The van der Waals surface area contributed by atoms with E-state index in [0.717, 1.165) is 0 Å². The van der Waals surface area contributed by atoms with Gasteiger partial charge in [-0.25, -0.2) is 4.98 Å². The van der Waals surface area contributed by atoms with Crippen LogP contribution in [0, 0.1) is 0 Å². The summed E-state index contributed by atoms with van der Waals surface area (Å²) in [4.78, 5) is 3.91. The number of hydrogen-bond acceptors (Lipinski definition) is 2. The van der Waals surface area contributed by atoms with Crippen LogP contribution in [0.4, 0.5) is 5.82 Å². The third kappa shape index (κ3) is 3.61. The monoisotopic (exact) mass is 256 g/mol. The average Bonchev–Trinajstić information content (AvgIpc) is 2.02. The predicted octanol–water partition coefficient (Wildman–Crippen LogP) is 4.08. The topological polar surface area (TPSA) is 24.9 Å². The van der Waals surface area contributed by atoms with Crippen molar-refractivity contribution in [2.45, 2.75) is 0 Å². The molecular weight excluding hydrogens is 254 g/mol. The molecule has 0 aliphatic carbocycles. The third-order valence-electron chi connectivity index (χ3n) is 1.13. The molecule has 0 saturated carbocycles. The molecule has 1 aromatic heterocycles. The number of rotatable bonds is 2. The highest BCUT2D eigenvalue weighted by molar-refractivity contribution is 6.55. The van der Waals surface area contributed by atoms with Gasteiger partial charge in [0.05, 0.1) is 10.0 Å². The molecule has 0 spiro atoms. The smallest absolute Gasteiger partial charge is 0.148 e. The minimum absolute atomic E-state index is 0.0906.